The van der Waals surface area contributed by atoms with Crippen LogP contribution in [0.2, 0.25) is 0 Å². The van der Waals surface area contributed by atoms with Crippen molar-refractivity contribution in [1.82, 2.24) is 24.5 Å². The van der Waals surface area contributed by atoms with Crippen LogP contribution in [-0.2, 0) is 0 Å². The molecule has 0 N–H and O–H groups in total. The topological polar surface area (TPSA) is 56.5 Å². The second kappa shape index (κ2) is 9.80. The van der Waals surface area contributed by atoms with Crippen LogP contribution in [-0.4, -0.2) is 24.5 Å². The molecule has 0 saturated heterocycles. The number of hydrogen-bond donors (Lipinski definition) is 0. The van der Waals surface area contributed by atoms with Crippen molar-refractivity contribution in [3.05, 3.63) is 140 Å². The predicted molar refractivity (Wildman–Crippen MR) is 156 cm³/mol. The molecule has 7 rings (SSSR count). The van der Waals surface area contributed by atoms with Gasteiger partial charge in [-0.1, -0.05) is 115 Å². The number of aromatic nitrogens is 5. The van der Waals surface area contributed by atoms with Gasteiger partial charge in [-0.05, 0) is 24.3 Å². The van der Waals surface area contributed by atoms with E-state index < -0.39 is 0 Å². The Bertz CT molecular complexity index is 1820. The van der Waals surface area contributed by atoms with Gasteiger partial charge >= 0.3 is 0 Å². The summed E-state index contributed by atoms with van der Waals surface area (Å²) >= 11 is 0. The molecule has 5 nitrogen and oxygen atoms in total. The first kappa shape index (κ1) is 22.8. The van der Waals surface area contributed by atoms with Gasteiger partial charge in [-0.2, -0.15) is 0 Å². The molecule has 0 aliphatic heterocycles. The molecule has 5 aromatic carbocycles. The van der Waals surface area contributed by atoms with Crippen LogP contribution >= 0.6 is 0 Å². The van der Waals surface area contributed by atoms with Gasteiger partial charge in [0, 0.05) is 27.9 Å². The van der Waals surface area contributed by atoms with Crippen molar-refractivity contribution in [1.29, 1.82) is 0 Å². The molecular weight excluding hydrogens is 478 g/mol. The van der Waals surface area contributed by atoms with Crippen molar-refractivity contribution >= 4 is 11.0 Å². The third kappa shape index (κ3) is 4.36. The molecule has 5 heteroatoms. The Balaban J connectivity index is 1.34. The average Bonchev–Trinajstić information content (AvgIpc) is 3.42. The summed E-state index contributed by atoms with van der Waals surface area (Å²) in [6.07, 6.45) is 0. The molecule has 0 fully saturated rings. The van der Waals surface area contributed by atoms with Crippen LogP contribution in [0.25, 0.3) is 62.3 Å². The fourth-order valence-electron chi connectivity index (χ4n) is 4.76. The van der Waals surface area contributed by atoms with Crippen LogP contribution in [0.1, 0.15) is 0 Å². The standard InChI is InChI=1S/C34H23N5/c1-4-12-24(13-5-1)31-36-32(25-14-6-2-7-15-25)38-33(37-31)26-20-22-27(23-21-26)34-35-29-18-10-11-19-30(29)39(34)28-16-8-3-9-17-28/h1-23H. The second-order valence-electron chi connectivity index (χ2n) is 9.21. The van der Waals surface area contributed by atoms with Crippen molar-refractivity contribution < 1.29 is 0 Å². The quantitative estimate of drug-likeness (QED) is 0.241. The van der Waals surface area contributed by atoms with Gasteiger partial charge in [0.15, 0.2) is 17.5 Å². The molecule has 39 heavy (non-hydrogen) atoms. The molecule has 2 aromatic heterocycles. The molecular formula is C34H23N5. The maximum atomic E-state index is 4.99. The zero-order chi connectivity index (χ0) is 26.0. The zero-order valence-corrected chi connectivity index (χ0v) is 21.0. The first-order valence-corrected chi connectivity index (χ1v) is 12.8. The third-order valence-electron chi connectivity index (χ3n) is 6.68. The molecule has 0 saturated carbocycles. The van der Waals surface area contributed by atoms with E-state index in [2.05, 4.69) is 47.0 Å². The van der Waals surface area contributed by atoms with Crippen LogP contribution in [0.15, 0.2) is 140 Å². The Labute approximate surface area is 226 Å². The number of imidazole rings is 1. The van der Waals surface area contributed by atoms with Gasteiger partial charge in [-0.15, -0.1) is 0 Å². The summed E-state index contributed by atoms with van der Waals surface area (Å²) in [5, 5.41) is 0. The minimum atomic E-state index is 0.630. The minimum absolute atomic E-state index is 0.630. The first-order chi connectivity index (χ1) is 19.3. The average molecular weight is 502 g/mol. The van der Waals surface area contributed by atoms with Gasteiger partial charge in [-0.25, -0.2) is 19.9 Å². The molecule has 184 valence electrons. The van der Waals surface area contributed by atoms with Gasteiger partial charge < -0.3 is 0 Å². The number of para-hydroxylation sites is 3. The fraction of sp³-hybridized carbons (Fsp3) is 0. The molecule has 0 unspecified atom stereocenters. The van der Waals surface area contributed by atoms with E-state index in [4.69, 9.17) is 19.9 Å². The second-order valence-corrected chi connectivity index (χ2v) is 9.21. The number of rotatable bonds is 5. The highest BCUT2D eigenvalue weighted by Gasteiger charge is 2.16. The third-order valence-corrected chi connectivity index (χ3v) is 6.68. The summed E-state index contributed by atoms with van der Waals surface area (Å²) < 4.78 is 2.20. The van der Waals surface area contributed by atoms with Crippen LogP contribution in [0.5, 0.6) is 0 Å². The molecule has 0 spiro atoms. The Morgan fingerprint density at radius 3 is 1.36 bits per heavy atom. The van der Waals surface area contributed by atoms with E-state index >= 15 is 0 Å². The van der Waals surface area contributed by atoms with E-state index in [0.717, 1.165) is 44.8 Å². The summed E-state index contributed by atoms with van der Waals surface area (Å²) in [6, 6.07) is 46.9. The van der Waals surface area contributed by atoms with E-state index in [1.54, 1.807) is 0 Å². The fourth-order valence-corrected chi connectivity index (χ4v) is 4.76. The number of nitrogens with zero attached hydrogens (tertiary/aromatic N) is 5. The van der Waals surface area contributed by atoms with Crippen molar-refractivity contribution in [2.45, 2.75) is 0 Å². The maximum absolute atomic E-state index is 4.99. The molecule has 0 amide bonds. The largest absolute Gasteiger partial charge is 0.292 e. The van der Waals surface area contributed by atoms with Crippen molar-refractivity contribution in [3.8, 4) is 51.2 Å². The van der Waals surface area contributed by atoms with Crippen LogP contribution in [0, 0.1) is 0 Å². The normalized spacial score (nSPS) is 11.1. The molecule has 0 atom stereocenters. The van der Waals surface area contributed by atoms with E-state index in [9.17, 15) is 0 Å². The Kier molecular flexibility index (Phi) is 5.72. The number of fused-ring (bicyclic) bond motifs is 1. The molecule has 0 aliphatic carbocycles. The number of benzene rings is 5. The van der Waals surface area contributed by atoms with Crippen LogP contribution in [0.3, 0.4) is 0 Å². The van der Waals surface area contributed by atoms with E-state index in [0.29, 0.717) is 17.5 Å². The van der Waals surface area contributed by atoms with Crippen molar-refractivity contribution in [2.75, 3.05) is 0 Å². The lowest BCUT2D eigenvalue weighted by molar-refractivity contribution is 1.07. The van der Waals surface area contributed by atoms with Gasteiger partial charge in [0.1, 0.15) is 5.82 Å². The maximum Gasteiger partial charge on any atom is 0.164 e. The molecule has 2 heterocycles. The Morgan fingerprint density at radius 2 is 0.795 bits per heavy atom. The molecule has 7 aromatic rings. The summed E-state index contributed by atoms with van der Waals surface area (Å²) in [6.45, 7) is 0. The SMILES string of the molecule is c1ccc(-c2nc(-c3ccccc3)nc(-c3ccc(-c4nc5ccccc5n4-c4ccccc4)cc3)n2)cc1. The van der Waals surface area contributed by atoms with E-state index in [1.807, 2.05) is 97.1 Å². The van der Waals surface area contributed by atoms with E-state index in [1.165, 1.54) is 0 Å². The summed E-state index contributed by atoms with van der Waals surface area (Å²) in [7, 11) is 0. The molecule has 0 radical (unpaired) electrons. The lowest BCUT2D eigenvalue weighted by atomic mass is 10.1. The zero-order valence-electron chi connectivity index (χ0n) is 21.0. The van der Waals surface area contributed by atoms with E-state index in [-0.39, 0.29) is 0 Å². The minimum Gasteiger partial charge on any atom is -0.292 e. The highest BCUT2D eigenvalue weighted by atomic mass is 15.1. The Hall–Kier alpha value is -5.42. The number of hydrogen-bond acceptors (Lipinski definition) is 4. The summed E-state index contributed by atoms with van der Waals surface area (Å²) in [5.41, 5.74) is 6.93. The highest BCUT2D eigenvalue weighted by Crippen LogP contribution is 2.30. The molecule has 0 bridgehead atoms. The Morgan fingerprint density at radius 1 is 0.359 bits per heavy atom. The van der Waals surface area contributed by atoms with Crippen LogP contribution < -0.4 is 0 Å². The van der Waals surface area contributed by atoms with Gasteiger partial charge in [0.05, 0.1) is 11.0 Å². The predicted octanol–water partition coefficient (Wildman–Crippen LogP) is 7.88. The monoisotopic (exact) mass is 501 g/mol. The van der Waals surface area contributed by atoms with Gasteiger partial charge in [0.25, 0.3) is 0 Å². The lowest BCUT2D eigenvalue weighted by Crippen LogP contribution is -2.00. The van der Waals surface area contributed by atoms with Crippen molar-refractivity contribution in [3.63, 3.8) is 0 Å². The summed E-state index contributed by atoms with van der Waals surface area (Å²) in [5.74, 6) is 2.81. The van der Waals surface area contributed by atoms with Crippen molar-refractivity contribution in [2.24, 2.45) is 0 Å². The van der Waals surface area contributed by atoms with Gasteiger partial charge in [0.2, 0.25) is 0 Å². The lowest BCUT2D eigenvalue weighted by Gasteiger charge is -2.11. The highest BCUT2D eigenvalue weighted by molar-refractivity contribution is 5.83. The smallest absolute Gasteiger partial charge is 0.164 e. The van der Waals surface area contributed by atoms with Crippen LogP contribution in [0.4, 0.5) is 0 Å². The summed E-state index contributed by atoms with van der Waals surface area (Å²) in [4.78, 5) is 19.5. The first-order valence-electron chi connectivity index (χ1n) is 12.8. The molecule has 0 aliphatic rings. The van der Waals surface area contributed by atoms with Gasteiger partial charge in [-0.3, -0.25) is 4.57 Å².